The monoisotopic (exact) mass is 296 g/mol. The van der Waals surface area contributed by atoms with Crippen molar-refractivity contribution in [2.24, 2.45) is 0 Å². The van der Waals surface area contributed by atoms with Crippen molar-refractivity contribution in [2.45, 2.75) is 25.7 Å². The molecule has 0 aromatic heterocycles. The molecule has 22 heavy (non-hydrogen) atoms. The number of hydrogen-bond acceptors (Lipinski definition) is 3. The summed E-state index contributed by atoms with van der Waals surface area (Å²) in [5, 5.41) is 19.4. The minimum atomic E-state index is -1.54. The SMILES string of the molecule is O=C(O)C(=O)c1c2ccc(c1O)CCc1ccc(cc1)CC2. The molecule has 0 saturated heterocycles. The van der Waals surface area contributed by atoms with Crippen LogP contribution in [0, 0.1) is 0 Å². The molecule has 4 bridgehead atoms. The zero-order valence-electron chi connectivity index (χ0n) is 12.0. The van der Waals surface area contributed by atoms with Crippen molar-refractivity contribution >= 4 is 11.8 Å². The largest absolute Gasteiger partial charge is 0.507 e. The molecule has 4 nitrogen and oxygen atoms in total. The van der Waals surface area contributed by atoms with Crippen LogP contribution in [0.1, 0.15) is 32.6 Å². The van der Waals surface area contributed by atoms with Crippen molar-refractivity contribution < 1.29 is 19.8 Å². The summed E-state index contributed by atoms with van der Waals surface area (Å²) in [4.78, 5) is 23.0. The van der Waals surface area contributed by atoms with Gasteiger partial charge in [-0.15, -0.1) is 0 Å². The van der Waals surface area contributed by atoms with E-state index in [-0.39, 0.29) is 11.3 Å². The minimum absolute atomic E-state index is 0.0555. The molecular weight excluding hydrogens is 280 g/mol. The van der Waals surface area contributed by atoms with Gasteiger partial charge >= 0.3 is 5.97 Å². The summed E-state index contributed by atoms with van der Waals surface area (Å²) < 4.78 is 0. The molecule has 0 unspecified atom stereocenters. The zero-order chi connectivity index (χ0) is 15.7. The second-order valence-electron chi connectivity index (χ2n) is 5.56. The van der Waals surface area contributed by atoms with Gasteiger partial charge in [-0.05, 0) is 47.9 Å². The van der Waals surface area contributed by atoms with E-state index in [0.717, 1.165) is 17.5 Å². The van der Waals surface area contributed by atoms with Gasteiger partial charge in [-0.25, -0.2) is 4.79 Å². The number of carboxylic acids is 1. The maximum Gasteiger partial charge on any atom is 0.377 e. The molecule has 2 N–H and O–H groups in total. The van der Waals surface area contributed by atoms with E-state index >= 15 is 0 Å². The molecule has 0 fully saturated rings. The zero-order valence-corrected chi connectivity index (χ0v) is 12.0. The van der Waals surface area contributed by atoms with Crippen molar-refractivity contribution in [1.82, 2.24) is 0 Å². The summed E-state index contributed by atoms with van der Waals surface area (Å²) in [6, 6.07) is 11.8. The number of ketones is 1. The topological polar surface area (TPSA) is 74.6 Å². The summed E-state index contributed by atoms with van der Waals surface area (Å²) in [6.07, 6.45) is 2.50. The predicted molar refractivity (Wildman–Crippen MR) is 81.3 cm³/mol. The third-order valence-corrected chi connectivity index (χ3v) is 4.16. The Morgan fingerprint density at radius 3 is 1.82 bits per heavy atom. The first-order valence-electron chi connectivity index (χ1n) is 7.25. The fourth-order valence-corrected chi connectivity index (χ4v) is 2.88. The number of Topliss-reactive ketones (excluding diaryl/α,β-unsaturated/α-hetero) is 1. The Bertz CT molecular complexity index is 744. The summed E-state index contributed by atoms with van der Waals surface area (Å²) in [7, 11) is 0. The van der Waals surface area contributed by atoms with Crippen molar-refractivity contribution in [3.63, 3.8) is 0 Å². The standard InChI is InChI=1S/C18H16O4/c19-16-14-8-6-12-3-1-11(2-4-12)5-7-13(9-10-14)15(16)17(20)18(21)22/h1-4,9-10,19H,5-8H2,(H,21,22). The Kier molecular flexibility index (Phi) is 3.67. The van der Waals surface area contributed by atoms with Crippen LogP contribution in [-0.2, 0) is 30.5 Å². The van der Waals surface area contributed by atoms with Crippen LogP contribution in [-0.4, -0.2) is 22.0 Å². The molecule has 112 valence electrons. The molecule has 6 rings (SSSR count). The molecular formula is C18H16O4. The molecule has 0 spiro atoms. The molecule has 0 heterocycles. The average molecular weight is 296 g/mol. The quantitative estimate of drug-likeness (QED) is 0.659. The normalized spacial score (nSPS) is 13.5. The number of carboxylic acid groups (broad SMARTS) is 1. The number of aryl methyl sites for hydroxylation is 4. The third kappa shape index (κ3) is 2.60. The lowest BCUT2D eigenvalue weighted by molar-refractivity contribution is -0.131. The van der Waals surface area contributed by atoms with Gasteiger partial charge in [0.1, 0.15) is 5.75 Å². The van der Waals surface area contributed by atoms with Gasteiger partial charge in [0.2, 0.25) is 0 Å². The number of hydrogen-bond donors (Lipinski definition) is 2. The fraction of sp³-hybridized carbons (Fsp3) is 0.222. The highest BCUT2D eigenvalue weighted by Gasteiger charge is 2.24. The lowest BCUT2D eigenvalue weighted by Crippen LogP contribution is -2.16. The average Bonchev–Trinajstić information content (AvgIpc) is 2.50. The van der Waals surface area contributed by atoms with E-state index < -0.39 is 11.8 Å². The number of rotatable bonds is 2. The Labute approximate surface area is 128 Å². The molecule has 4 aliphatic carbocycles. The van der Waals surface area contributed by atoms with Crippen LogP contribution in [0.25, 0.3) is 0 Å². The van der Waals surface area contributed by atoms with Crippen molar-refractivity contribution in [3.05, 3.63) is 64.2 Å². The Hall–Kier alpha value is -2.62. The highest BCUT2D eigenvalue weighted by molar-refractivity contribution is 6.41. The molecule has 4 aliphatic rings. The number of benzene rings is 2. The van der Waals surface area contributed by atoms with Gasteiger partial charge in [0.15, 0.2) is 0 Å². The fourth-order valence-electron chi connectivity index (χ4n) is 2.88. The second-order valence-corrected chi connectivity index (χ2v) is 5.56. The van der Waals surface area contributed by atoms with E-state index in [0.29, 0.717) is 30.4 Å². The predicted octanol–water partition coefficient (Wildman–Crippen LogP) is 2.54. The van der Waals surface area contributed by atoms with Crippen LogP contribution in [0.15, 0.2) is 36.4 Å². The van der Waals surface area contributed by atoms with E-state index in [1.165, 1.54) is 0 Å². The molecule has 0 aliphatic heterocycles. The summed E-state index contributed by atoms with van der Waals surface area (Å²) in [5.41, 5.74) is 3.41. The van der Waals surface area contributed by atoms with Gasteiger partial charge in [0.05, 0.1) is 5.56 Å². The van der Waals surface area contributed by atoms with Gasteiger partial charge in [-0.1, -0.05) is 36.4 Å². The highest BCUT2D eigenvalue weighted by Crippen LogP contribution is 2.29. The summed E-state index contributed by atoms with van der Waals surface area (Å²) in [5.74, 6) is -2.76. The molecule has 0 atom stereocenters. The summed E-state index contributed by atoms with van der Waals surface area (Å²) in [6.45, 7) is 0. The van der Waals surface area contributed by atoms with Crippen LogP contribution < -0.4 is 0 Å². The van der Waals surface area contributed by atoms with Crippen LogP contribution in [0.3, 0.4) is 0 Å². The highest BCUT2D eigenvalue weighted by atomic mass is 16.4. The van der Waals surface area contributed by atoms with Gasteiger partial charge < -0.3 is 10.2 Å². The smallest absolute Gasteiger partial charge is 0.377 e. The van der Waals surface area contributed by atoms with Crippen molar-refractivity contribution in [3.8, 4) is 5.75 Å². The number of carbonyl (C=O) groups is 2. The maximum atomic E-state index is 11.9. The minimum Gasteiger partial charge on any atom is -0.507 e. The first kappa shape index (κ1) is 14.3. The van der Waals surface area contributed by atoms with Gasteiger partial charge in [-0.3, -0.25) is 4.79 Å². The lowest BCUT2D eigenvalue weighted by atomic mass is 9.91. The Balaban J connectivity index is 2.11. The molecule has 2 aromatic carbocycles. The number of phenols is 1. The maximum absolute atomic E-state index is 11.9. The van der Waals surface area contributed by atoms with Crippen LogP contribution in [0.2, 0.25) is 0 Å². The van der Waals surface area contributed by atoms with E-state index in [1.807, 2.05) is 0 Å². The molecule has 4 heteroatoms. The summed E-state index contributed by atoms with van der Waals surface area (Å²) >= 11 is 0. The number of aromatic hydroxyl groups is 1. The van der Waals surface area contributed by atoms with E-state index in [1.54, 1.807) is 12.1 Å². The van der Waals surface area contributed by atoms with Crippen LogP contribution in [0.5, 0.6) is 5.75 Å². The first-order chi connectivity index (χ1) is 10.6. The third-order valence-electron chi connectivity index (χ3n) is 4.16. The second kappa shape index (κ2) is 5.64. The van der Waals surface area contributed by atoms with Crippen molar-refractivity contribution in [2.75, 3.05) is 0 Å². The molecule has 2 aromatic rings. The van der Waals surface area contributed by atoms with Crippen LogP contribution >= 0.6 is 0 Å². The van der Waals surface area contributed by atoms with Gasteiger partial charge in [0.25, 0.3) is 5.78 Å². The molecule has 0 radical (unpaired) electrons. The molecule has 0 saturated carbocycles. The Morgan fingerprint density at radius 2 is 1.27 bits per heavy atom. The number of phenolic OH excluding ortho intramolecular Hbond substituents is 1. The number of carbonyl (C=O) groups excluding carboxylic acids is 1. The van der Waals surface area contributed by atoms with E-state index in [9.17, 15) is 14.7 Å². The van der Waals surface area contributed by atoms with E-state index in [4.69, 9.17) is 5.11 Å². The number of aliphatic carboxylic acids is 1. The lowest BCUT2D eigenvalue weighted by Gasteiger charge is -2.15. The van der Waals surface area contributed by atoms with E-state index in [2.05, 4.69) is 24.3 Å². The van der Waals surface area contributed by atoms with Crippen LogP contribution in [0.4, 0.5) is 0 Å². The molecule has 0 amide bonds. The van der Waals surface area contributed by atoms with Gasteiger partial charge in [-0.2, -0.15) is 0 Å². The van der Waals surface area contributed by atoms with Gasteiger partial charge in [0, 0.05) is 0 Å². The first-order valence-corrected chi connectivity index (χ1v) is 7.25. The van der Waals surface area contributed by atoms with Crippen molar-refractivity contribution in [1.29, 1.82) is 0 Å². The Morgan fingerprint density at radius 1 is 0.773 bits per heavy atom.